The van der Waals surface area contributed by atoms with Gasteiger partial charge in [-0.05, 0) is 29.1 Å². The first kappa shape index (κ1) is 26.8. The van der Waals surface area contributed by atoms with E-state index in [0.29, 0.717) is 50.7 Å². The van der Waals surface area contributed by atoms with Gasteiger partial charge in [0, 0.05) is 57.9 Å². The summed E-state index contributed by atoms with van der Waals surface area (Å²) in [6, 6.07) is 12.5. The van der Waals surface area contributed by atoms with Gasteiger partial charge in [-0.2, -0.15) is 0 Å². The lowest BCUT2D eigenvalue weighted by molar-refractivity contribution is -0.394. The van der Waals surface area contributed by atoms with Crippen LogP contribution in [0.15, 0.2) is 60.0 Å². The lowest BCUT2D eigenvalue weighted by Gasteiger charge is -2.36. The molecule has 1 aliphatic rings. The molecule has 198 valence electrons. The molecule has 0 N–H and O–H groups in total. The van der Waals surface area contributed by atoms with E-state index in [0.717, 1.165) is 23.8 Å². The molecule has 1 saturated heterocycles. The summed E-state index contributed by atoms with van der Waals surface area (Å²) in [4.78, 5) is 52.7. The summed E-state index contributed by atoms with van der Waals surface area (Å²) in [6.45, 7) is 2.93. The second-order valence-corrected chi connectivity index (χ2v) is 9.66. The Balaban J connectivity index is 1.38. The lowest BCUT2D eigenvalue weighted by atomic mass is 10.1. The normalized spacial score (nSPS) is 13.8. The molecule has 0 unspecified atom stereocenters. The molecule has 4 rings (SSSR count). The van der Waals surface area contributed by atoms with Crippen LogP contribution in [0.5, 0.6) is 0 Å². The molecule has 1 fully saturated rings. The summed E-state index contributed by atoms with van der Waals surface area (Å²) in [6.07, 6.45) is 0. The van der Waals surface area contributed by atoms with Crippen LogP contribution < -0.4 is 0 Å². The van der Waals surface area contributed by atoms with Crippen LogP contribution in [-0.4, -0.2) is 75.6 Å². The van der Waals surface area contributed by atoms with Gasteiger partial charge in [0.15, 0.2) is 0 Å². The number of nitro benzene ring substituents is 2. The van der Waals surface area contributed by atoms with Crippen LogP contribution in [0.1, 0.15) is 25.6 Å². The highest BCUT2D eigenvalue weighted by atomic mass is 32.1. The van der Waals surface area contributed by atoms with Gasteiger partial charge >= 0.3 is 0 Å². The third-order valence-electron chi connectivity index (χ3n) is 6.22. The number of rotatable bonds is 9. The zero-order chi connectivity index (χ0) is 27.2. The second-order valence-electron chi connectivity index (χ2n) is 8.72. The van der Waals surface area contributed by atoms with Gasteiger partial charge in [-0.3, -0.25) is 34.7 Å². The van der Waals surface area contributed by atoms with Gasteiger partial charge in [0.1, 0.15) is 5.82 Å². The molecule has 0 aliphatic carbocycles. The number of hydrogen-bond acceptors (Lipinski definition) is 8. The summed E-state index contributed by atoms with van der Waals surface area (Å²) in [5.41, 5.74) is -0.334. The maximum absolute atomic E-state index is 13.3. The number of benzene rings is 2. The molecule has 0 radical (unpaired) electrons. The summed E-state index contributed by atoms with van der Waals surface area (Å²) in [5.74, 6) is -0.982. The average molecular weight is 542 g/mol. The molecule has 38 heavy (non-hydrogen) atoms. The van der Waals surface area contributed by atoms with Gasteiger partial charge < -0.3 is 9.80 Å². The van der Waals surface area contributed by atoms with Gasteiger partial charge in [-0.1, -0.05) is 18.2 Å². The monoisotopic (exact) mass is 541 g/mol. The highest BCUT2D eigenvalue weighted by Crippen LogP contribution is 2.24. The minimum absolute atomic E-state index is 0.105. The SMILES string of the molecule is O=C(c1cc([N+](=O)[O-])cc([N+](=O)[O-])c1)N1CCN(CCN(Cc2ccc(F)cc2)C(=O)c2cccs2)CC1. The Morgan fingerprint density at radius 3 is 2.13 bits per heavy atom. The molecule has 13 heteroatoms. The standard InChI is InChI=1S/C25H24FN5O6S/c26-20-5-3-18(4-6-20)17-29(25(33)23-2-1-13-38-23)12-9-27-7-10-28(11-8-27)24(32)19-14-21(30(34)35)16-22(15-19)31(36)37/h1-6,13-16H,7-12,17H2. The van der Waals surface area contributed by atoms with Gasteiger partial charge in [0.2, 0.25) is 0 Å². The van der Waals surface area contributed by atoms with Crippen molar-refractivity contribution in [3.63, 3.8) is 0 Å². The van der Waals surface area contributed by atoms with E-state index in [-0.39, 0.29) is 17.3 Å². The number of thiophene rings is 1. The largest absolute Gasteiger partial charge is 0.336 e. The Kier molecular flexibility index (Phi) is 8.38. The highest BCUT2D eigenvalue weighted by molar-refractivity contribution is 7.12. The molecule has 0 saturated carbocycles. The molecule has 2 aromatic carbocycles. The number of hydrogen-bond donors (Lipinski definition) is 0. The van der Waals surface area contributed by atoms with E-state index in [1.807, 2.05) is 5.38 Å². The minimum Gasteiger partial charge on any atom is -0.336 e. The zero-order valence-corrected chi connectivity index (χ0v) is 21.0. The number of nitro groups is 2. The van der Waals surface area contributed by atoms with E-state index in [1.165, 1.54) is 28.4 Å². The van der Waals surface area contributed by atoms with Gasteiger partial charge in [-0.15, -0.1) is 11.3 Å². The van der Waals surface area contributed by atoms with Crippen LogP contribution in [-0.2, 0) is 6.54 Å². The molecule has 2 heterocycles. The second kappa shape index (κ2) is 11.9. The van der Waals surface area contributed by atoms with Gasteiger partial charge in [0.05, 0.1) is 26.4 Å². The summed E-state index contributed by atoms with van der Waals surface area (Å²) >= 11 is 1.35. The molecule has 3 aromatic rings. The number of piperazine rings is 1. The van der Waals surface area contributed by atoms with Crippen molar-refractivity contribution >= 4 is 34.5 Å². The molecule has 1 aliphatic heterocycles. The van der Waals surface area contributed by atoms with Crippen molar-refractivity contribution in [3.05, 3.63) is 102 Å². The zero-order valence-electron chi connectivity index (χ0n) is 20.2. The van der Waals surface area contributed by atoms with Crippen molar-refractivity contribution in [1.29, 1.82) is 0 Å². The van der Waals surface area contributed by atoms with Crippen molar-refractivity contribution in [1.82, 2.24) is 14.7 Å². The fraction of sp³-hybridized carbons (Fsp3) is 0.280. The number of halogens is 1. The minimum atomic E-state index is -0.767. The van der Waals surface area contributed by atoms with E-state index in [4.69, 9.17) is 0 Å². The molecule has 0 bridgehead atoms. The fourth-order valence-corrected chi connectivity index (χ4v) is 4.86. The van der Waals surface area contributed by atoms with E-state index >= 15 is 0 Å². The van der Waals surface area contributed by atoms with Crippen molar-refractivity contribution in [2.24, 2.45) is 0 Å². The van der Waals surface area contributed by atoms with Crippen LogP contribution >= 0.6 is 11.3 Å². The lowest BCUT2D eigenvalue weighted by Crippen LogP contribution is -2.50. The molecule has 0 atom stereocenters. The number of carbonyl (C=O) groups is 2. The first-order chi connectivity index (χ1) is 18.2. The Morgan fingerprint density at radius 2 is 1.58 bits per heavy atom. The molecule has 2 amide bonds. The predicted octanol–water partition coefficient (Wildman–Crippen LogP) is 3.80. The maximum Gasteiger partial charge on any atom is 0.277 e. The Bertz CT molecular complexity index is 1290. The average Bonchev–Trinajstić information content (AvgIpc) is 3.46. The number of nitrogens with zero attached hydrogens (tertiary/aromatic N) is 5. The van der Waals surface area contributed by atoms with Crippen molar-refractivity contribution < 1.29 is 23.8 Å². The van der Waals surface area contributed by atoms with Crippen molar-refractivity contribution in [3.8, 4) is 0 Å². The summed E-state index contributed by atoms with van der Waals surface area (Å²) in [7, 11) is 0. The van der Waals surface area contributed by atoms with Crippen LogP contribution in [0.2, 0.25) is 0 Å². The Hall–Kier alpha value is -4.23. The predicted molar refractivity (Wildman–Crippen MR) is 138 cm³/mol. The summed E-state index contributed by atoms with van der Waals surface area (Å²) < 4.78 is 13.3. The first-order valence-corrected chi connectivity index (χ1v) is 12.6. The topological polar surface area (TPSA) is 130 Å². The van der Waals surface area contributed by atoms with Gasteiger partial charge in [-0.25, -0.2) is 4.39 Å². The molecular formula is C25H24FN5O6S. The van der Waals surface area contributed by atoms with Crippen LogP contribution in [0.25, 0.3) is 0 Å². The van der Waals surface area contributed by atoms with Crippen LogP contribution in [0.4, 0.5) is 15.8 Å². The molecule has 1 aromatic heterocycles. The van der Waals surface area contributed by atoms with E-state index in [2.05, 4.69) is 4.90 Å². The Morgan fingerprint density at radius 1 is 0.947 bits per heavy atom. The summed E-state index contributed by atoms with van der Waals surface area (Å²) in [5, 5.41) is 24.1. The molecule has 0 spiro atoms. The third kappa shape index (κ3) is 6.55. The molecule has 11 nitrogen and oxygen atoms in total. The van der Waals surface area contributed by atoms with Crippen molar-refractivity contribution in [2.45, 2.75) is 6.54 Å². The fourth-order valence-electron chi connectivity index (χ4n) is 4.17. The number of non-ortho nitro benzene ring substituents is 2. The van der Waals surface area contributed by atoms with Gasteiger partial charge in [0.25, 0.3) is 23.2 Å². The van der Waals surface area contributed by atoms with Crippen LogP contribution in [0.3, 0.4) is 0 Å². The first-order valence-electron chi connectivity index (χ1n) is 11.7. The third-order valence-corrected chi connectivity index (χ3v) is 7.08. The van der Waals surface area contributed by atoms with E-state index in [9.17, 15) is 34.2 Å². The Labute approximate surface area is 221 Å². The maximum atomic E-state index is 13.3. The van der Waals surface area contributed by atoms with Crippen molar-refractivity contribution in [2.75, 3.05) is 39.3 Å². The highest BCUT2D eigenvalue weighted by Gasteiger charge is 2.27. The number of amides is 2. The number of carbonyl (C=O) groups excluding carboxylic acids is 2. The van der Waals surface area contributed by atoms with Crippen LogP contribution in [0, 0.1) is 26.0 Å². The smallest absolute Gasteiger partial charge is 0.277 e. The molecular weight excluding hydrogens is 517 g/mol. The quantitative estimate of drug-likeness (QED) is 0.297. The van der Waals surface area contributed by atoms with E-state index in [1.54, 1.807) is 29.2 Å². The van der Waals surface area contributed by atoms with E-state index < -0.39 is 27.1 Å².